The minimum Gasteiger partial charge on any atom is -0.480 e. The van der Waals surface area contributed by atoms with Crippen molar-refractivity contribution in [2.24, 2.45) is 0 Å². The Labute approximate surface area is 97.9 Å². The number of carbonyl (C=O) groups is 1. The minimum absolute atomic E-state index is 0.109. The third-order valence-corrected chi connectivity index (χ3v) is 2.69. The second-order valence-corrected chi connectivity index (χ2v) is 3.78. The Balaban J connectivity index is 3.19. The summed E-state index contributed by atoms with van der Waals surface area (Å²) in [7, 11) is 0. The number of aromatic nitrogens is 2. The third-order valence-electron chi connectivity index (χ3n) is 2.69. The molecule has 6 heteroatoms. The fourth-order valence-corrected chi connectivity index (χ4v) is 1.69. The fraction of sp³-hybridized carbons (Fsp3) is 0.545. The first-order chi connectivity index (χ1) is 8.01. The maximum absolute atomic E-state index is 13.7. The van der Waals surface area contributed by atoms with Crippen molar-refractivity contribution in [1.29, 1.82) is 0 Å². The SMILES string of the molecule is CCC(CC)c1ncn(CC(=O)O)c(=O)c1F. The number of aliphatic carboxylic acids is 1. The summed E-state index contributed by atoms with van der Waals surface area (Å²) >= 11 is 0. The number of halogens is 1. The Morgan fingerprint density at radius 3 is 2.59 bits per heavy atom. The summed E-state index contributed by atoms with van der Waals surface area (Å²) in [5, 5.41) is 8.54. The van der Waals surface area contributed by atoms with Crippen LogP contribution in [0.5, 0.6) is 0 Å². The van der Waals surface area contributed by atoms with Crippen molar-refractivity contribution >= 4 is 5.97 Å². The summed E-state index contributed by atoms with van der Waals surface area (Å²) in [6.07, 6.45) is 2.46. The zero-order chi connectivity index (χ0) is 13.0. The summed E-state index contributed by atoms with van der Waals surface area (Å²) in [5.41, 5.74) is -0.800. The van der Waals surface area contributed by atoms with Crippen LogP contribution in [-0.2, 0) is 11.3 Å². The molecule has 1 aromatic rings. The smallest absolute Gasteiger partial charge is 0.323 e. The number of carboxylic acids is 1. The van der Waals surface area contributed by atoms with E-state index < -0.39 is 23.9 Å². The standard InChI is InChI=1S/C11H15FN2O3/c1-3-7(4-2)10-9(12)11(17)14(6-13-10)5-8(15)16/h6-7H,3-5H2,1-2H3,(H,15,16). The normalized spacial score (nSPS) is 10.8. The quantitative estimate of drug-likeness (QED) is 0.846. The lowest BCUT2D eigenvalue weighted by molar-refractivity contribution is -0.137. The maximum Gasteiger partial charge on any atom is 0.323 e. The molecule has 1 heterocycles. The zero-order valence-electron chi connectivity index (χ0n) is 9.81. The molecular weight excluding hydrogens is 227 g/mol. The predicted octanol–water partition coefficient (Wildman–Crippen LogP) is 1.37. The Hall–Kier alpha value is -1.72. The lowest BCUT2D eigenvalue weighted by Gasteiger charge is -2.13. The second-order valence-electron chi connectivity index (χ2n) is 3.78. The number of carboxylic acid groups (broad SMARTS) is 1. The first-order valence-corrected chi connectivity index (χ1v) is 5.47. The van der Waals surface area contributed by atoms with E-state index >= 15 is 0 Å². The molecule has 5 nitrogen and oxygen atoms in total. The summed E-state index contributed by atoms with van der Waals surface area (Å²) in [6.45, 7) is 3.20. The average Bonchev–Trinajstić information content (AvgIpc) is 2.29. The van der Waals surface area contributed by atoms with Gasteiger partial charge in [-0.25, -0.2) is 4.98 Å². The average molecular weight is 242 g/mol. The first kappa shape index (κ1) is 13.3. The minimum atomic E-state index is -1.21. The van der Waals surface area contributed by atoms with Gasteiger partial charge in [0.25, 0.3) is 5.56 Å². The van der Waals surface area contributed by atoms with Crippen LogP contribution in [0.3, 0.4) is 0 Å². The Morgan fingerprint density at radius 2 is 2.12 bits per heavy atom. The van der Waals surface area contributed by atoms with Gasteiger partial charge in [-0.15, -0.1) is 0 Å². The number of hydrogen-bond donors (Lipinski definition) is 1. The molecule has 0 bridgehead atoms. The van der Waals surface area contributed by atoms with Gasteiger partial charge in [0, 0.05) is 5.92 Å². The Kier molecular flexibility index (Phi) is 4.37. The van der Waals surface area contributed by atoms with Crippen molar-refractivity contribution in [3.63, 3.8) is 0 Å². The van der Waals surface area contributed by atoms with Crippen molar-refractivity contribution in [1.82, 2.24) is 9.55 Å². The number of nitrogens with zero attached hydrogens (tertiary/aromatic N) is 2. The van der Waals surface area contributed by atoms with Gasteiger partial charge in [0.1, 0.15) is 6.54 Å². The van der Waals surface area contributed by atoms with Crippen molar-refractivity contribution in [3.05, 3.63) is 28.2 Å². The molecule has 1 N–H and O–H groups in total. The van der Waals surface area contributed by atoms with Gasteiger partial charge < -0.3 is 5.11 Å². The molecular formula is C11H15FN2O3. The summed E-state index contributed by atoms with van der Waals surface area (Å²) in [5.74, 6) is -2.26. The molecule has 94 valence electrons. The van der Waals surface area contributed by atoms with Crippen molar-refractivity contribution < 1.29 is 14.3 Å². The van der Waals surface area contributed by atoms with Crippen LogP contribution in [-0.4, -0.2) is 20.6 Å². The van der Waals surface area contributed by atoms with Crippen LogP contribution in [0.25, 0.3) is 0 Å². The number of rotatable bonds is 5. The van der Waals surface area contributed by atoms with Gasteiger partial charge in [0.2, 0.25) is 5.82 Å². The molecule has 0 saturated heterocycles. The molecule has 0 aliphatic heterocycles. The van der Waals surface area contributed by atoms with E-state index in [0.717, 1.165) is 10.9 Å². The monoisotopic (exact) mass is 242 g/mol. The summed E-state index contributed by atoms with van der Waals surface area (Å²) < 4.78 is 14.5. The highest BCUT2D eigenvalue weighted by Gasteiger charge is 2.18. The second kappa shape index (κ2) is 5.56. The first-order valence-electron chi connectivity index (χ1n) is 5.47. The van der Waals surface area contributed by atoms with Crippen molar-refractivity contribution in [2.45, 2.75) is 39.2 Å². The fourth-order valence-electron chi connectivity index (χ4n) is 1.69. The molecule has 0 aromatic carbocycles. The summed E-state index contributed by atoms with van der Waals surface area (Å²) in [4.78, 5) is 25.9. The van der Waals surface area contributed by atoms with E-state index in [1.807, 2.05) is 13.8 Å². The highest BCUT2D eigenvalue weighted by atomic mass is 19.1. The molecule has 0 unspecified atom stereocenters. The van der Waals surface area contributed by atoms with E-state index in [9.17, 15) is 14.0 Å². The van der Waals surface area contributed by atoms with E-state index in [1.54, 1.807) is 0 Å². The van der Waals surface area contributed by atoms with Gasteiger partial charge in [-0.05, 0) is 12.8 Å². The highest BCUT2D eigenvalue weighted by molar-refractivity contribution is 5.66. The van der Waals surface area contributed by atoms with Gasteiger partial charge in [-0.2, -0.15) is 4.39 Å². The van der Waals surface area contributed by atoms with Crippen LogP contribution in [0.4, 0.5) is 4.39 Å². The molecule has 0 radical (unpaired) electrons. The van der Waals surface area contributed by atoms with E-state index in [-0.39, 0.29) is 11.6 Å². The van der Waals surface area contributed by atoms with E-state index in [4.69, 9.17) is 5.11 Å². The summed E-state index contributed by atoms with van der Waals surface area (Å²) in [6, 6.07) is 0. The van der Waals surface area contributed by atoms with Crippen LogP contribution in [0.2, 0.25) is 0 Å². The zero-order valence-corrected chi connectivity index (χ0v) is 9.81. The molecule has 0 aliphatic carbocycles. The lowest BCUT2D eigenvalue weighted by atomic mass is 9.99. The van der Waals surface area contributed by atoms with Gasteiger partial charge in [0.15, 0.2) is 0 Å². The van der Waals surface area contributed by atoms with Crippen LogP contribution in [0.1, 0.15) is 38.3 Å². The number of hydrogen-bond acceptors (Lipinski definition) is 3. The van der Waals surface area contributed by atoms with Crippen LogP contribution >= 0.6 is 0 Å². The molecule has 0 amide bonds. The van der Waals surface area contributed by atoms with E-state index in [0.29, 0.717) is 12.8 Å². The van der Waals surface area contributed by atoms with E-state index in [2.05, 4.69) is 4.98 Å². The Bertz CT molecular complexity index is 466. The molecule has 17 heavy (non-hydrogen) atoms. The van der Waals surface area contributed by atoms with E-state index in [1.165, 1.54) is 0 Å². The maximum atomic E-state index is 13.7. The van der Waals surface area contributed by atoms with Gasteiger partial charge in [-0.3, -0.25) is 14.2 Å². The predicted molar refractivity (Wildman–Crippen MR) is 59.4 cm³/mol. The molecule has 0 aliphatic rings. The molecule has 1 rings (SSSR count). The van der Waals surface area contributed by atoms with Crippen molar-refractivity contribution in [3.8, 4) is 0 Å². The van der Waals surface area contributed by atoms with Crippen LogP contribution in [0.15, 0.2) is 11.1 Å². The molecule has 1 aromatic heterocycles. The Morgan fingerprint density at radius 1 is 1.53 bits per heavy atom. The van der Waals surface area contributed by atoms with Crippen LogP contribution < -0.4 is 5.56 Å². The molecule has 0 saturated carbocycles. The molecule has 0 fully saturated rings. The third kappa shape index (κ3) is 2.89. The largest absolute Gasteiger partial charge is 0.480 e. The van der Waals surface area contributed by atoms with Gasteiger partial charge in [-0.1, -0.05) is 13.8 Å². The van der Waals surface area contributed by atoms with Crippen LogP contribution in [0, 0.1) is 5.82 Å². The van der Waals surface area contributed by atoms with Gasteiger partial charge >= 0.3 is 5.97 Å². The molecule has 0 atom stereocenters. The topological polar surface area (TPSA) is 72.2 Å². The van der Waals surface area contributed by atoms with Crippen molar-refractivity contribution in [2.75, 3.05) is 0 Å². The van der Waals surface area contributed by atoms with Gasteiger partial charge in [0.05, 0.1) is 12.0 Å². The molecule has 0 spiro atoms. The lowest BCUT2D eigenvalue weighted by Crippen LogP contribution is -2.29. The highest BCUT2D eigenvalue weighted by Crippen LogP contribution is 2.21.